The summed E-state index contributed by atoms with van der Waals surface area (Å²) < 4.78 is 12.3. The van der Waals surface area contributed by atoms with Crippen LogP contribution >= 0.6 is 0 Å². The number of fused-ring (bicyclic) bond motifs is 1. The first-order valence-electron chi connectivity index (χ1n) is 9.51. The van der Waals surface area contributed by atoms with Crippen molar-refractivity contribution >= 4 is 28.3 Å². The number of nitrogens with one attached hydrogen (secondary N) is 2. The average Bonchev–Trinajstić information content (AvgIpc) is 2.64. The van der Waals surface area contributed by atoms with Crippen molar-refractivity contribution in [1.29, 1.82) is 0 Å². The fourth-order valence-electron chi connectivity index (χ4n) is 3.50. The van der Waals surface area contributed by atoms with Crippen LogP contribution in [-0.4, -0.2) is 27.5 Å². The van der Waals surface area contributed by atoms with E-state index in [9.17, 15) is 13.8 Å². The van der Waals surface area contributed by atoms with E-state index in [0.717, 1.165) is 36.0 Å². The molecule has 0 spiro atoms. The fourth-order valence-corrected chi connectivity index (χ4v) is 4.34. The second-order valence-corrected chi connectivity index (χ2v) is 8.74. The average molecular weight is 399 g/mol. The Hall–Kier alpha value is -2.47. The number of benzene rings is 2. The Labute approximate surface area is 168 Å². The van der Waals surface area contributed by atoms with Crippen molar-refractivity contribution in [2.24, 2.45) is 0 Å². The maximum atomic E-state index is 12.3. The van der Waals surface area contributed by atoms with Crippen molar-refractivity contribution in [3.8, 4) is 0 Å². The Balaban J connectivity index is 1.50. The SMILES string of the molecule is Cc1ccc(NC(=O)C[S@@](=O)CC(=O)N[C@H]2CCCc3ccccc32)cc1C. The van der Waals surface area contributed by atoms with Gasteiger partial charge in [0.2, 0.25) is 11.8 Å². The Morgan fingerprint density at radius 3 is 2.57 bits per heavy atom. The van der Waals surface area contributed by atoms with Crippen LogP contribution in [0.3, 0.4) is 0 Å². The Morgan fingerprint density at radius 1 is 1.04 bits per heavy atom. The molecule has 0 saturated heterocycles. The molecule has 28 heavy (non-hydrogen) atoms. The molecule has 2 N–H and O–H groups in total. The van der Waals surface area contributed by atoms with Crippen molar-refractivity contribution < 1.29 is 13.8 Å². The Bertz CT molecular complexity index is 910. The minimum absolute atomic E-state index is 0.0428. The lowest BCUT2D eigenvalue weighted by Gasteiger charge is -2.26. The summed E-state index contributed by atoms with van der Waals surface area (Å²) in [5.41, 5.74) is 5.29. The minimum atomic E-state index is -1.55. The van der Waals surface area contributed by atoms with E-state index in [1.165, 1.54) is 5.56 Å². The van der Waals surface area contributed by atoms with Gasteiger partial charge in [-0.1, -0.05) is 30.3 Å². The van der Waals surface area contributed by atoms with E-state index in [1.54, 1.807) is 0 Å². The molecule has 0 aliphatic heterocycles. The maximum Gasteiger partial charge on any atom is 0.237 e. The first-order valence-corrected chi connectivity index (χ1v) is 11.0. The first kappa shape index (κ1) is 20.3. The highest BCUT2D eigenvalue weighted by atomic mass is 32.2. The van der Waals surface area contributed by atoms with Crippen LogP contribution in [0.15, 0.2) is 42.5 Å². The van der Waals surface area contributed by atoms with Gasteiger partial charge in [-0.15, -0.1) is 0 Å². The zero-order valence-electron chi connectivity index (χ0n) is 16.3. The number of hydrogen-bond acceptors (Lipinski definition) is 3. The lowest BCUT2D eigenvalue weighted by atomic mass is 9.88. The van der Waals surface area contributed by atoms with Crippen molar-refractivity contribution in [2.75, 3.05) is 16.8 Å². The smallest absolute Gasteiger partial charge is 0.237 e. The molecule has 0 fully saturated rings. The summed E-state index contributed by atoms with van der Waals surface area (Å²) >= 11 is 0. The highest BCUT2D eigenvalue weighted by Crippen LogP contribution is 2.29. The number of aryl methyl sites for hydroxylation is 3. The van der Waals surface area contributed by atoms with Gasteiger partial charge in [0.05, 0.1) is 6.04 Å². The number of anilines is 1. The van der Waals surface area contributed by atoms with E-state index < -0.39 is 10.8 Å². The monoisotopic (exact) mass is 398 g/mol. The van der Waals surface area contributed by atoms with E-state index in [2.05, 4.69) is 16.7 Å². The summed E-state index contributed by atoms with van der Waals surface area (Å²) in [7, 11) is -1.55. The molecule has 0 aromatic heterocycles. The normalized spacial score (nSPS) is 16.7. The number of carbonyl (C=O) groups is 2. The molecule has 0 heterocycles. The lowest BCUT2D eigenvalue weighted by molar-refractivity contribution is -0.119. The van der Waals surface area contributed by atoms with Crippen LogP contribution in [-0.2, 0) is 26.8 Å². The summed E-state index contributed by atoms with van der Waals surface area (Å²) in [4.78, 5) is 24.4. The van der Waals surface area contributed by atoms with Crippen LogP contribution in [0, 0.1) is 13.8 Å². The standard InChI is InChI=1S/C22H26N2O3S/c1-15-10-11-18(12-16(15)2)23-21(25)13-28(27)14-22(26)24-20-9-5-7-17-6-3-4-8-19(17)20/h3-4,6,8,10-12,20H,5,7,9,13-14H2,1-2H3,(H,23,25)(H,24,26)/t20-,28+/m0/s1. The van der Waals surface area contributed by atoms with Crippen molar-refractivity contribution in [3.63, 3.8) is 0 Å². The third kappa shape index (κ3) is 5.29. The third-order valence-corrected chi connectivity index (χ3v) is 6.25. The summed E-state index contributed by atoms with van der Waals surface area (Å²) in [6, 6.07) is 13.7. The lowest BCUT2D eigenvalue weighted by Crippen LogP contribution is -2.35. The maximum absolute atomic E-state index is 12.3. The quantitative estimate of drug-likeness (QED) is 0.785. The van der Waals surface area contributed by atoms with Gasteiger partial charge in [-0.25, -0.2) is 0 Å². The third-order valence-electron chi connectivity index (χ3n) is 5.08. The molecule has 5 nitrogen and oxygen atoms in total. The predicted octanol–water partition coefficient (Wildman–Crippen LogP) is 3.18. The molecular weight excluding hydrogens is 372 g/mol. The van der Waals surface area contributed by atoms with Crippen LogP contribution in [0.2, 0.25) is 0 Å². The number of hydrogen-bond donors (Lipinski definition) is 2. The molecule has 2 aromatic carbocycles. The van der Waals surface area contributed by atoms with Gasteiger partial charge in [0.1, 0.15) is 11.5 Å². The van der Waals surface area contributed by atoms with Gasteiger partial charge in [-0.05, 0) is 67.5 Å². The van der Waals surface area contributed by atoms with E-state index in [4.69, 9.17) is 0 Å². The number of carbonyl (C=O) groups excluding carboxylic acids is 2. The van der Waals surface area contributed by atoms with Crippen LogP contribution in [0.4, 0.5) is 5.69 Å². The van der Waals surface area contributed by atoms with Gasteiger partial charge in [0.25, 0.3) is 0 Å². The van der Waals surface area contributed by atoms with Crippen molar-refractivity contribution in [2.45, 2.75) is 39.2 Å². The first-order chi connectivity index (χ1) is 13.4. The highest BCUT2D eigenvalue weighted by Gasteiger charge is 2.22. The van der Waals surface area contributed by atoms with Crippen LogP contribution in [0.25, 0.3) is 0 Å². The van der Waals surface area contributed by atoms with Gasteiger partial charge in [-0.2, -0.15) is 0 Å². The molecule has 0 radical (unpaired) electrons. The second kappa shape index (κ2) is 9.15. The largest absolute Gasteiger partial charge is 0.348 e. The molecule has 0 saturated carbocycles. The van der Waals surface area contributed by atoms with Gasteiger partial charge in [0.15, 0.2) is 0 Å². The molecule has 2 aromatic rings. The zero-order chi connectivity index (χ0) is 20.1. The molecular formula is C22H26N2O3S. The van der Waals surface area contributed by atoms with Crippen molar-refractivity contribution in [1.82, 2.24) is 5.32 Å². The van der Waals surface area contributed by atoms with Gasteiger partial charge < -0.3 is 10.6 Å². The number of amides is 2. The molecule has 0 unspecified atom stereocenters. The van der Waals surface area contributed by atoms with Crippen LogP contribution in [0.5, 0.6) is 0 Å². The van der Waals surface area contributed by atoms with Gasteiger partial charge in [0, 0.05) is 16.5 Å². The van der Waals surface area contributed by atoms with E-state index in [-0.39, 0.29) is 29.4 Å². The Kier molecular flexibility index (Phi) is 6.62. The van der Waals surface area contributed by atoms with Crippen LogP contribution in [0.1, 0.15) is 41.1 Å². The molecule has 2 atom stereocenters. The van der Waals surface area contributed by atoms with E-state index in [0.29, 0.717) is 5.69 Å². The van der Waals surface area contributed by atoms with Gasteiger partial charge >= 0.3 is 0 Å². The minimum Gasteiger partial charge on any atom is -0.348 e. The summed E-state index contributed by atoms with van der Waals surface area (Å²) in [6.45, 7) is 3.97. The molecule has 3 rings (SSSR count). The summed E-state index contributed by atoms with van der Waals surface area (Å²) in [5, 5.41) is 5.72. The summed E-state index contributed by atoms with van der Waals surface area (Å²) in [5.74, 6) is -0.989. The Morgan fingerprint density at radius 2 is 1.79 bits per heavy atom. The van der Waals surface area contributed by atoms with Crippen LogP contribution < -0.4 is 10.6 Å². The fraction of sp³-hybridized carbons (Fsp3) is 0.364. The molecule has 0 bridgehead atoms. The zero-order valence-corrected chi connectivity index (χ0v) is 17.1. The highest BCUT2D eigenvalue weighted by molar-refractivity contribution is 7.86. The molecule has 1 aliphatic rings. The molecule has 6 heteroatoms. The topological polar surface area (TPSA) is 75.3 Å². The van der Waals surface area contributed by atoms with E-state index >= 15 is 0 Å². The van der Waals surface area contributed by atoms with E-state index in [1.807, 2.05) is 50.2 Å². The van der Waals surface area contributed by atoms with Gasteiger partial charge in [-0.3, -0.25) is 13.8 Å². The molecule has 148 valence electrons. The predicted molar refractivity (Wildman–Crippen MR) is 113 cm³/mol. The second-order valence-electron chi connectivity index (χ2n) is 7.29. The number of rotatable bonds is 6. The molecule has 2 amide bonds. The van der Waals surface area contributed by atoms with Crippen molar-refractivity contribution in [3.05, 3.63) is 64.7 Å². The molecule has 1 aliphatic carbocycles. The summed E-state index contributed by atoms with van der Waals surface area (Å²) in [6.07, 6.45) is 2.92.